The van der Waals surface area contributed by atoms with E-state index in [-0.39, 0.29) is 17.1 Å². The van der Waals surface area contributed by atoms with Crippen molar-refractivity contribution in [3.05, 3.63) is 18.2 Å². The van der Waals surface area contributed by atoms with Gasteiger partial charge in [-0.05, 0) is 49.4 Å². The van der Waals surface area contributed by atoms with Crippen LogP contribution in [0, 0.1) is 22.7 Å². The molecule has 2 aliphatic carbocycles. The lowest BCUT2D eigenvalue weighted by molar-refractivity contribution is -0.161. The van der Waals surface area contributed by atoms with Crippen molar-refractivity contribution < 1.29 is 14.9 Å². The summed E-state index contributed by atoms with van der Waals surface area (Å²) in [4.78, 5) is 0. The van der Waals surface area contributed by atoms with E-state index < -0.39 is 5.60 Å². The van der Waals surface area contributed by atoms with Gasteiger partial charge in [-0.15, -0.1) is 0 Å². The molecule has 0 bridgehead atoms. The van der Waals surface area contributed by atoms with E-state index >= 15 is 0 Å². The van der Waals surface area contributed by atoms with Crippen LogP contribution in [0.3, 0.4) is 0 Å². The van der Waals surface area contributed by atoms with Crippen LogP contribution in [-0.4, -0.2) is 29.5 Å². The van der Waals surface area contributed by atoms with E-state index in [1.807, 2.05) is 13.0 Å². The topological polar surface area (TPSA) is 61.7 Å². The lowest BCUT2D eigenvalue weighted by atomic mass is 9.45. The number of fused-ring (bicyclic) bond motifs is 1. The Balaban J connectivity index is 1.85. The SMILES string of the molecule is COc1cc(O)cc(NCC2[C@](C)(O)CC[C@H]3C(C)(C)CCC[C@]23C)c1. The molecular weight excluding hydrogens is 326 g/mol. The van der Waals surface area contributed by atoms with Gasteiger partial charge in [-0.25, -0.2) is 0 Å². The number of benzene rings is 1. The molecule has 4 atom stereocenters. The van der Waals surface area contributed by atoms with Crippen LogP contribution in [-0.2, 0) is 0 Å². The average Bonchev–Trinajstić information content (AvgIpc) is 2.52. The largest absolute Gasteiger partial charge is 0.508 e. The molecule has 4 heteroatoms. The molecule has 0 aromatic heterocycles. The normalized spacial score (nSPS) is 36.2. The zero-order valence-corrected chi connectivity index (χ0v) is 16.9. The van der Waals surface area contributed by atoms with Crippen molar-refractivity contribution in [2.75, 3.05) is 19.0 Å². The predicted octanol–water partition coefficient (Wildman–Crippen LogP) is 4.81. The highest BCUT2D eigenvalue weighted by molar-refractivity contribution is 5.53. The third kappa shape index (κ3) is 3.40. The average molecular weight is 362 g/mol. The van der Waals surface area contributed by atoms with E-state index in [4.69, 9.17) is 4.74 Å². The van der Waals surface area contributed by atoms with Gasteiger partial charge >= 0.3 is 0 Å². The zero-order chi connectivity index (χ0) is 19.2. The molecule has 1 aromatic rings. The number of anilines is 1. The van der Waals surface area contributed by atoms with Crippen LogP contribution in [0.15, 0.2) is 18.2 Å². The number of hydrogen-bond acceptors (Lipinski definition) is 4. The summed E-state index contributed by atoms with van der Waals surface area (Å²) >= 11 is 0. The number of hydrogen-bond donors (Lipinski definition) is 3. The lowest BCUT2D eigenvalue weighted by Gasteiger charge is -2.61. The van der Waals surface area contributed by atoms with E-state index in [0.717, 1.165) is 18.5 Å². The van der Waals surface area contributed by atoms with Crippen LogP contribution in [0.1, 0.15) is 59.8 Å². The molecule has 0 radical (unpaired) electrons. The molecule has 1 unspecified atom stereocenters. The van der Waals surface area contributed by atoms with Gasteiger partial charge in [-0.3, -0.25) is 0 Å². The van der Waals surface area contributed by atoms with Crippen LogP contribution in [0.5, 0.6) is 11.5 Å². The highest BCUT2D eigenvalue weighted by Crippen LogP contribution is 2.61. The minimum atomic E-state index is -0.674. The molecule has 0 heterocycles. The van der Waals surface area contributed by atoms with Crippen LogP contribution >= 0.6 is 0 Å². The van der Waals surface area contributed by atoms with Crippen molar-refractivity contribution in [2.45, 2.75) is 65.4 Å². The molecule has 0 spiro atoms. The highest BCUT2D eigenvalue weighted by Gasteiger charge is 2.57. The molecule has 2 fully saturated rings. The molecule has 0 amide bonds. The van der Waals surface area contributed by atoms with Crippen molar-refractivity contribution in [1.82, 2.24) is 0 Å². The van der Waals surface area contributed by atoms with Crippen LogP contribution in [0.25, 0.3) is 0 Å². The fourth-order valence-corrected chi connectivity index (χ4v) is 6.10. The summed E-state index contributed by atoms with van der Waals surface area (Å²) in [6, 6.07) is 5.20. The maximum Gasteiger partial charge on any atom is 0.124 e. The Morgan fingerprint density at radius 3 is 2.54 bits per heavy atom. The minimum Gasteiger partial charge on any atom is -0.508 e. The Morgan fingerprint density at radius 2 is 1.85 bits per heavy atom. The molecule has 4 nitrogen and oxygen atoms in total. The van der Waals surface area contributed by atoms with Crippen LogP contribution < -0.4 is 10.1 Å². The van der Waals surface area contributed by atoms with E-state index in [2.05, 4.69) is 26.1 Å². The monoisotopic (exact) mass is 361 g/mol. The fourth-order valence-electron chi connectivity index (χ4n) is 6.10. The third-order valence-electron chi connectivity index (χ3n) is 7.40. The van der Waals surface area contributed by atoms with Gasteiger partial charge < -0.3 is 20.3 Å². The van der Waals surface area contributed by atoms with Gasteiger partial charge in [0, 0.05) is 36.3 Å². The van der Waals surface area contributed by atoms with E-state index in [1.165, 1.54) is 19.3 Å². The van der Waals surface area contributed by atoms with Gasteiger partial charge in [-0.2, -0.15) is 0 Å². The number of aromatic hydroxyl groups is 1. The van der Waals surface area contributed by atoms with Crippen molar-refractivity contribution in [1.29, 1.82) is 0 Å². The highest BCUT2D eigenvalue weighted by atomic mass is 16.5. The standard InChI is InChI=1S/C22H35NO3/c1-20(2)8-6-9-21(3)18(20)7-10-22(4,25)19(21)14-23-15-11-16(24)13-17(12-15)26-5/h11-13,18-19,23-25H,6-10,14H2,1-5H3/t18-,19?,21-,22+/m0/s1. The van der Waals surface area contributed by atoms with Gasteiger partial charge in [0.15, 0.2) is 0 Å². The second-order valence-corrected chi connectivity index (χ2v) is 9.65. The second kappa shape index (κ2) is 6.63. The number of nitrogens with one attached hydrogen (secondary N) is 1. The molecule has 3 N–H and O–H groups in total. The molecule has 3 rings (SSSR count). The van der Waals surface area contributed by atoms with E-state index in [0.29, 0.717) is 23.6 Å². The van der Waals surface area contributed by atoms with Crippen molar-refractivity contribution in [3.63, 3.8) is 0 Å². The Bertz CT molecular complexity index is 655. The number of methoxy groups -OCH3 is 1. The molecular formula is C22H35NO3. The lowest BCUT2D eigenvalue weighted by Crippen LogP contribution is -2.59. The maximum atomic E-state index is 11.2. The Kier molecular flexibility index (Phi) is 4.93. The minimum absolute atomic E-state index is 0.122. The molecule has 146 valence electrons. The number of aliphatic hydroxyl groups is 1. The maximum absolute atomic E-state index is 11.2. The van der Waals surface area contributed by atoms with Gasteiger partial charge in [0.05, 0.1) is 12.7 Å². The van der Waals surface area contributed by atoms with Crippen molar-refractivity contribution in [2.24, 2.45) is 22.7 Å². The Morgan fingerprint density at radius 1 is 1.12 bits per heavy atom. The predicted molar refractivity (Wildman–Crippen MR) is 106 cm³/mol. The first-order chi connectivity index (χ1) is 12.1. The summed E-state index contributed by atoms with van der Waals surface area (Å²) in [6.07, 6.45) is 5.64. The van der Waals surface area contributed by atoms with Gasteiger partial charge in [0.2, 0.25) is 0 Å². The van der Waals surface area contributed by atoms with Crippen molar-refractivity contribution >= 4 is 5.69 Å². The molecule has 26 heavy (non-hydrogen) atoms. The second-order valence-electron chi connectivity index (χ2n) is 9.65. The summed E-state index contributed by atoms with van der Waals surface area (Å²) in [7, 11) is 1.60. The molecule has 0 aliphatic heterocycles. The first-order valence-corrected chi connectivity index (χ1v) is 9.93. The molecule has 2 saturated carbocycles. The summed E-state index contributed by atoms with van der Waals surface area (Å²) < 4.78 is 5.25. The van der Waals surface area contributed by atoms with Crippen molar-refractivity contribution in [3.8, 4) is 11.5 Å². The quantitative estimate of drug-likeness (QED) is 0.720. The van der Waals surface area contributed by atoms with E-state index in [9.17, 15) is 10.2 Å². The Labute approximate surface area is 158 Å². The molecule has 2 aliphatic rings. The summed E-state index contributed by atoms with van der Waals surface area (Å²) in [5.41, 5.74) is 0.610. The number of rotatable bonds is 4. The van der Waals surface area contributed by atoms with Gasteiger partial charge in [0.1, 0.15) is 11.5 Å². The number of phenolic OH excluding ortho intramolecular Hbond substituents is 1. The first kappa shape index (κ1) is 19.3. The summed E-state index contributed by atoms with van der Waals surface area (Å²) in [5, 5.41) is 24.6. The van der Waals surface area contributed by atoms with Gasteiger partial charge in [0.25, 0.3) is 0 Å². The smallest absolute Gasteiger partial charge is 0.124 e. The molecule has 0 saturated heterocycles. The van der Waals surface area contributed by atoms with Crippen LogP contribution in [0.4, 0.5) is 5.69 Å². The molecule has 1 aromatic carbocycles. The summed E-state index contributed by atoms with van der Waals surface area (Å²) in [5.74, 6) is 1.62. The Hall–Kier alpha value is -1.42. The van der Waals surface area contributed by atoms with E-state index in [1.54, 1.807) is 19.2 Å². The first-order valence-electron chi connectivity index (χ1n) is 9.93. The van der Waals surface area contributed by atoms with Crippen LogP contribution in [0.2, 0.25) is 0 Å². The zero-order valence-electron chi connectivity index (χ0n) is 16.9. The number of ether oxygens (including phenoxy) is 1. The fraction of sp³-hybridized carbons (Fsp3) is 0.727. The third-order valence-corrected chi connectivity index (χ3v) is 7.40. The summed E-state index contributed by atoms with van der Waals surface area (Å²) in [6.45, 7) is 9.90. The van der Waals surface area contributed by atoms with Gasteiger partial charge in [-0.1, -0.05) is 27.2 Å². The number of phenols is 1.